The molecule has 2 heterocycles. The predicted molar refractivity (Wildman–Crippen MR) is 86.6 cm³/mol. The number of nitrogens with zero attached hydrogens (tertiary/aromatic N) is 2. The number of methoxy groups -OCH3 is 1. The van der Waals surface area contributed by atoms with Crippen molar-refractivity contribution < 1.29 is 17.9 Å². The van der Waals surface area contributed by atoms with Crippen LogP contribution in [-0.4, -0.2) is 69.6 Å². The first-order chi connectivity index (χ1) is 11.0. The van der Waals surface area contributed by atoms with Crippen LogP contribution in [0, 0.1) is 0 Å². The lowest BCUT2D eigenvalue weighted by Gasteiger charge is -2.30. The average Bonchev–Trinajstić information content (AvgIpc) is 2.98. The highest BCUT2D eigenvalue weighted by Gasteiger charge is 2.40. The molecule has 0 bridgehead atoms. The van der Waals surface area contributed by atoms with Crippen molar-refractivity contribution >= 4 is 10.2 Å². The maximum Gasteiger partial charge on any atom is 0.282 e. The molecule has 2 saturated heterocycles. The van der Waals surface area contributed by atoms with Gasteiger partial charge >= 0.3 is 0 Å². The summed E-state index contributed by atoms with van der Waals surface area (Å²) in [6.07, 6.45) is 0. The molecule has 0 unspecified atom stereocenters. The molecule has 1 aromatic carbocycles. The third-order valence-corrected chi connectivity index (χ3v) is 6.47. The fourth-order valence-electron chi connectivity index (χ4n) is 3.12. The number of rotatable bonds is 4. The van der Waals surface area contributed by atoms with Crippen LogP contribution in [-0.2, 0) is 14.9 Å². The van der Waals surface area contributed by atoms with Crippen molar-refractivity contribution in [3.63, 3.8) is 0 Å². The van der Waals surface area contributed by atoms with E-state index in [1.807, 2.05) is 24.3 Å². The molecule has 128 valence electrons. The molecule has 2 fully saturated rings. The fraction of sp³-hybridized carbons (Fsp3) is 0.600. The van der Waals surface area contributed by atoms with Gasteiger partial charge in [0.25, 0.3) is 10.2 Å². The van der Waals surface area contributed by atoms with Crippen molar-refractivity contribution in [3.8, 4) is 5.75 Å². The van der Waals surface area contributed by atoms with E-state index in [4.69, 9.17) is 15.2 Å². The first-order valence-corrected chi connectivity index (χ1v) is 9.14. The van der Waals surface area contributed by atoms with Gasteiger partial charge in [0.15, 0.2) is 0 Å². The maximum absolute atomic E-state index is 12.7. The molecular formula is C15H23N3O4S. The van der Waals surface area contributed by atoms with E-state index in [-0.39, 0.29) is 12.0 Å². The summed E-state index contributed by atoms with van der Waals surface area (Å²) in [5.74, 6) is 0.773. The Balaban J connectivity index is 1.74. The maximum atomic E-state index is 12.7. The Morgan fingerprint density at radius 2 is 1.78 bits per heavy atom. The molecule has 0 amide bonds. The van der Waals surface area contributed by atoms with Crippen molar-refractivity contribution in [3.05, 3.63) is 29.8 Å². The van der Waals surface area contributed by atoms with Crippen molar-refractivity contribution in [1.29, 1.82) is 0 Å². The van der Waals surface area contributed by atoms with E-state index in [1.165, 1.54) is 8.61 Å². The number of hydrogen-bond donors (Lipinski definition) is 1. The van der Waals surface area contributed by atoms with Gasteiger partial charge in [0.2, 0.25) is 0 Å². The van der Waals surface area contributed by atoms with E-state index in [9.17, 15) is 8.42 Å². The summed E-state index contributed by atoms with van der Waals surface area (Å²) in [7, 11) is -1.85. The first-order valence-electron chi connectivity index (χ1n) is 7.75. The zero-order valence-electron chi connectivity index (χ0n) is 13.2. The fourth-order valence-corrected chi connectivity index (χ4v) is 4.77. The van der Waals surface area contributed by atoms with E-state index in [2.05, 4.69) is 0 Å². The Bertz CT molecular complexity index is 629. The van der Waals surface area contributed by atoms with Crippen LogP contribution in [0.4, 0.5) is 0 Å². The second-order valence-electron chi connectivity index (χ2n) is 5.88. The first kappa shape index (κ1) is 16.7. The smallest absolute Gasteiger partial charge is 0.282 e. The summed E-state index contributed by atoms with van der Waals surface area (Å²) < 4.78 is 38.8. The molecule has 0 saturated carbocycles. The van der Waals surface area contributed by atoms with Gasteiger partial charge in [-0.25, -0.2) is 0 Å². The van der Waals surface area contributed by atoms with Crippen LogP contribution < -0.4 is 10.5 Å². The van der Waals surface area contributed by atoms with Gasteiger partial charge in [-0.2, -0.15) is 17.0 Å². The molecular weight excluding hydrogens is 318 g/mol. The quantitative estimate of drug-likeness (QED) is 0.833. The zero-order valence-corrected chi connectivity index (χ0v) is 14.0. The summed E-state index contributed by atoms with van der Waals surface area (Å²) in [5.41, 5.74) is 7.26. The minimum atomic E-state index is -3.47. The number of nitrogens with two attached hydrogens (primary N) is 1. The molecule has 2 atom stereocenters. The van der Waals surface area contributed by atoms with Gasteiger partial charge in [0.05, 0.1) is 20.3 Å². The van der Waals surface area contributed by atoms with E-state index >= 15 is 0 Å². The Morgan fingerprint density at radius 3 is 2.39 bits per heavy atom. The van der Waals surface area contributed by atoms with Crippen LogP contribution in [0.15, 0.2) is 24.3 Å². The summed E-state index contributed by atoms with van der Waals surface area (Å²) >= 11 is 0. The molecule has 7 nitrogen and oxygen atoms in total. The summed E-state index contributed by atoms with van der Waals surface area (Å²) in [5, 5.41) is 0. The van der Waals surface area contributed by atoms with Crippen molar-refractivity contribution in [2.24, 2.45) is 5.73 Å². The van der Waals surface area contributed by atoms with Gasteiger partial charge in [-0.15, -0.1) is 0 Å². The molecule has 23 heavy (non-hydrogen) atoms. The van der Waals surface area contributed by atoms with Crippen LogP contribution in [0.2, 0.25) is 0 Å². The average molecular weight is 341 g/mol. The highest BCUT2D eigenvalue weighted by molar-refractivity contribution is 7.86. The second-order valence-corrected chi connectivity index (χ2v) is 7.81. The van der Waals surface area contributed by atoms with E-state index < -0.39 is 10.2 Å². The predicted octanol–water partition coefficient (Wildman–Crippen LogP) is -0.00130. The second kappa shape index (κ2) is 6.74. The topological polar surface area (TPSA) is 85.1 Å². The van der Waals surface area contributed by atoms with Crippen molar-refractivity contribution in [1.82, 2.24) is 8.61 Å². The Labute approximate surface area is 137 Å². The lowest BCUT2D eigenvalue weighted by molar-refractivity contribution is 0.0705. The Hall–Kier alpha value is -1.19. The van der Waals surface area contributed by atoms with Crippen LogP contribution in [0.25, 0.3) is 0 Å². The Morgan fingerprint density at radius 1 is 1.13 bits per heavy atom. The third-order valence-electron chi connectivity index (χ3n) is 4.50. The summed E-state index contributed by atoms with van der Waals surface area (Å²) in [6.45, 7) is 2.45. The van der Waals surface area contributed by atoms with E-state index in [1.54, 1.807) is 7.11 Å². The number of ether oxygens (including phenoxy) is 2. The number of hydrogen-bond acceptors (Lipinski definition) is 5. The largest absolute Gasteiger partial charge is 0.497 e. The van der Waals surface area contributed by atoms with Gasteiger partial charge in [0, 0.05) is 38.1 Å². The minimum Gasteiger partial charge on any atom is -0.497 e. The lowest BCUT2D eigenvalue weighted by atomic mass is 9.95. The van der Waals surface area contributed by atoms with Crippen LogP contribution >= 0.6 is 0 Å². The third kappa shape index (κ3) is 3.36. The molecule has 0 aromatic heterocycles. The normalized spacial score (nSPS) is 27.2. The van der Waals surface area contributed by atoms with Gasteiger partial charge in [-0.05, 0) is 17.7 Å². The van der Waals surface area contributed by atoms with Crippen molar-refractivity contribution in [2.45, 2.75) is 12.0 Å². The van der Waals surface area contributed by atoms with Gasteiger partial charge in [-0.3, -0.25) is 0 Å². The minimum absolute atomic E-state index is 0.00304. The van der Waals surface area contributed by atoms with Crippen LogP contribution in [0.3, 0.4) is 0 Å². The zero-order chi connectivity index (χ0) is 16.4. The van der Waals surface area contributed by atoms with Gasteiger partial charge in [0.1, 0.15) is 5.75 Å². The SMILES string of the molecule is COc1ccc([C@H]2CN(S(=O)(=O)N3CCOCC3)C[C@@H]2N)cc1. The monoisotopic (exact) mass is 341 g/mol. The molecule has 0 spiro atoms. The highest BCUT2D eigenvalue weighted by atomic mass is 32.2. The number of benzene rings is 1. The molecule has 0 radical (unpaired) electrons. The highest BCUT2D eigenvalue weighted by Crippen LogP contribution is 2.30. The molecule has 2 aliphatic rings. The van der Waals surface area contributed by atoms with E-state index in [0.29, 0.717) is 39.4 Å². The lowest BCUT2D eigenvalue weighted by Crippen LogP contribution is -2.48. The summed E-state index contributed by atoms with van der Waals surface area (Å²) in [4.78, 5) is 0. The van der Waals surface area contributed by atoms with Crippen LogP contribution in [0.5, 0.6) is 5.75 Å². The van der Waals surface area contributed by atoms with Gasteiger partial charge in [-0.1, -0.05) is 12.1 Å². The molecule has 2 aliphatic heterocycles. The van der Waals surface area contributed by atoms with Crippen LogP contribution in [0.1, 0.15) is 11.5 Å². The van der Waals surface area contributed by atoms with E-state index in [0.717, 1.165) is 11.3 Å². The standard InChI is InChI=1S/C15H23N3O4S/c1-21-13-4-2-12(3-5-13)14-10-18(11-15(14)16)23(19,20)17-6-8-22-9-7-17/h2-5,14-15H,6-11,16H2,1H3/t14-,15+/m1/s1. The molecule has 3 rings (SSSR count). The molecule has 8 heteroatoms. The van der Waals surface area contributed by atoms with Gasteiger partial charge < -0.3 is 15.2 Å². The molecule has 0 aliphatic carbocycles. The number of morpholine rings is 1. The molecule has 1 aromatic rings. The van der Waals surface area contributed by atoms with Crippen molar-refractivity contribution in [2.75, 3.05) is 46.5 Å². The summed E-state index contributed by atoms with van der Waals surface area (Å²) in [6, 6.07) is 7.45. The Kier molecular flexibility index (Phi) is 4.88. The molecule has 2 N–H and O–H groups in total.